The highest BCUT2D eigenvalue weighted by molar-refractivity contribution is 9.10. The summed E-state index contributed by atoms with van der Waals surface area (Å²) in [5.41, 5.74) is 0.749. The molecule has 0 bridgehead atoms. The van der Waals surface area contributed by atoms with E-state index in [-0.39, 0.29) is 5.57 Å². The number of anilines is 1. The van der Waals surface area contributed by atoms with Gasteiger partial charge in [0, 0.05) is 0 Å². The zero-order chi connectivity index (χ0) is 21.0. The normalized spacial score (nSPS) is 15.5. The zero-order valence-corrected chi connectivity index (χ0v) is 17.5. The fraction of sp³-hybridized carbons (Fsp3) is 0.190. The minimum atomic E-state index is -0.787. The lowest BCUT2D eigenvalue weighted by molar-refractivity contribution is -0.122. The third-order valence-corrected chi connectivity index (χ3v) is 4.72. The zero-order valence-electron chi connectivity index (χ0n) is 15.9. The molecule has 0 saturated carbocycles. The Labute approximate surface area is 176 Å². The van der Waals surface area contributed by atoms with Crippen LogP contribution in [0.15, 0.2) is 52.5 Å². The van der Waals surface area contributed by atoms with Gasteiger partial charge in [0.25, 0.3) is 11.8 Å². The molecule has 1 saturated heterocycles. The molecule has 1 fully saturated rings. The standard InChI is InChI=1S/C21H19BrN2O5/c1-3-9-29-18-16(22)11-13(12-17(18)28-2)10-15-19(25)23-21(27)24(20(15)26)14-7-5-4-6-8-14/h4-8,10-12H,3,9H2,1-2H3,(H,23,25,27)/b15-10+. The predicted octanol–water partition coefficient (Wildman–Crippen LogP) is 3.91. The third kappa shape index (κ3) is 4.32. The van der Waals surface area contributed by atoms with Gasteiger partial charge in [0.15, 0.2) is 11.5 Å². The number of carbonyl (C=O) groups excluding carboxylic acids is 3. The summed E-state index contributed by atoms with van der Waals surface area (Å²) in [5, 5.41) is 2.20. The van der Waals surface area contributed by atoms with Crippen LogP contribution < -0.4 is 19.7 Å². The van der Waals surface area contributed by atoms with E-state index < -0.39 is 17.8 Å². The van der Waals surface area contributed by atoms with E-state index in [0.29, 0.717) is 33.8 Å². The first-order valence-corrected chi connectivity index (χ1v) is 9.72. The molecule has 2 aromatic rings. The van der Waals surface area contributed by atoms with Crippen LogP contribution in [0.3, 0.4) is 0 Å². The number of hydrogen-bond donors (Lipinski definition) is 1. The number of benzene rings is 2. The summed E-state index contributed by atoms with van der Waals surface area (Å²) >= 11 is 3.44. The van der Waals surface area contributed by atoms with Crippen LogP contribution in [0.2, 0.25) is 0 Å². The van der Waals surface area contributed by atoms with Crippen molar-refractivity contribution in [2.75, 3.05) is 18.6 Å². The molecule has 0 atom stereocenters. The molecule has 3 rings (SSSR count). The van der Waals surface area contributed by atoms with Crippen molar-refractivity contribution in [2.24, 2.45) is 0 Å². The van der Waals surface area contributed by atoms with Crippen molar-refractivity contribution in [1.82, 2.24) is 5.32 Å². The monoisotopic (exact) mass is 458 g/mol. The minimum Gasteiger partial charge on any atom is -0.493 e. The van der Waals surface area contributed by atoms with Crippen LogP contribution in [-0.2, 0) is 9.59 Å². The second kappa shape index (κ2) is 8.91. The Morgan fingerprint density at radius 3 is 2.52 bits per heavy atom. The summed E-state index contributed by atoms with van der Waals surface area (Å²) in [7, 11) is 1.51. The Balaban J connectivity index is 2.00. The van der Waals surface area contributed by atoms with Gasteiger partial charge in [-0.3, -0.25) is 14.9 Å². The summed E-state index contributed by atoms with van der Waals surface area (Å²) in [5.74, 6) is -0.462. The predicted molar refractivity (Wildman–Crippen MR) is 112 cm³/mol. The maximum atomic E-state index is 12.9. The maximum absolute atomic E-state index is 12.9. The highest BCUT2D eigenvalue weighted by Crippen LogP contribution is 2.37. The topological polar surface area (TPSA) is 84.9 Å². The number of halogens is 1. The lowest BCUT2D eigenvalue weighted by atomic mass is 10.1. The lowest BCUT2D eigenvalue weighted by Crippen LogP contribution is -2.54. The van der Waals surface area contributed by atoms with Crippen LogP contribution in [-0.4, -0.2) is 31.6 Å². The molecular weight excluding hydrogens is 440 g/mol. The number of carbonyl (C=O) groups is 3. The first kappa shape index (κ1) is 20.6. The second-order valence-corrected chi connectivity index (χ2v) is 7.03. The van der Waals surface area contributed by atoms with Crippen molar-refractivity contribution >= 4 is 45.5 Å². The molecular formula is C21H19BrN2O5. The maximum Gasteiger partial charge on any atom is 0.335 e. The van der Waals surface area contributed by atoms with Gasteiger partial charge in [-0.2, -0.15) is 0 Å². The van der Waals surface area contributed by atoms with E-state index in [1.807, 2.05) is 6.92 Å². The molecule has 4 amide bonds. The van der Waals surface area contributed by atoms with Crippen LogP contribution in [0, 0.1) is 0 Å². The first-order chi connectivity index (χ1) is 14.0. The molecule has 0 radical (unpaired) electrons. The number of hydrogen-bond acceptors (Lipinski definition) is 5. The number of imide groups is 2. The molecule has 7 nitrogen and oxygen atoms in total. The highest BCUT2D eigenvalue weighted by Gasteiger charge is 2.36. The summed E-state index contributed by atoms with van der Waals surface area (Å²) in [6.45, 7) is 2.51. The minimum absolute atomic E-state index is 0.162. The number of amides is 4. The average Bonchev–Trinajstić information content (AvgIpc) is 2.70. The van der Waals surface area contributed by atoms with E-state index in [1.165, 1.54) is 13.2 Å². The lowest BCUT2D eigenvalue weighted by Gasteiger charge is -2.26. The molecule has 8 heteroatoms. The quantitative estimate of drug-likeness (QED) is 0.523. The molecule has 1 aliphatic heterocycles. The van der Waals surface area contributed by atoms with Crippen LogP contribution >= 0.6 is 15.9 Å². The van der Waals surface area contributed by atoms with E-state index in [2.05, 4.69) is 21.2 Å². The van der Waals surface area contributed by atoms with Crippen molar-refractivity contribution in [3.8, 4) is 11.5 Å². The molecule has 0 aromatic heterocycles. The van der Waals surface area contributed by atoms with Gasteiger partial charge in [-0.15, -0.1) is 0 Å². The Hall–Kier alpha value is -3.13. The molecule has 150 valence electrons. The van der Waals surface area contributed by atoms with Crippen molar-refractivity contribution in [3.05, 3.63) is 58.1 Å². The Bertz CT molecular complexity index is 988. The molecule has 0 spiro atoms. The number of nitrogens with one attached hydrogen (secondary N) is 1. The number of para-hydroxylation sites is 1. The van der Waals surface area contributed by atoms with Gasteiger partial charge in [-0.25, -0.2) is 9.69 Å². The van der Waals surface area contributed by atoms with Gasteiger partial charge in [0.1, 0.15) is 5.57 Å². The van der Waals surface area contributed by atoms with Gasteiger partial charge >= 0.3 is 6.03 Å². The summed E-state index contributed by atoms with van der Waals surface area (Å²) in [6.07, 6.45) is 2.25. The number of urea groups is 1. The molecule has 1 aliphatic rings. The molecule has 1 heterocycles. The Kier molecular flexibility index (Phi) is 6.33. The summed E-state index contributed by atoms with van der Waals surface area (Å²) in [6, 6.07) is 11.0. The van der Waals surface area contributed by atoms with Gasteiger partial charge < -0.3 is 9.47 Å². The summed E-state index contributed by atoms with van der Waals surface area (Å²) < 4.78 is 11.7. The number of barbiturate groups is 1. The summed E-state index contributed by atoms with van der Waals surface area (Å²) in [4.78, 5) is 38.4. The van der Waals surface area contributed by atoms with Gasteiger partial charge in [0.05, 0.1) is 23.9 Å². The second-order valence-electron chi connectivity index (χ2n) is 6.18. The van der Waals surface area contributed by atoms with Crippen LogP contribution in [0.4, 0.5) is 10.5 Å². The average molecular weight is 459 g/mol. The van der Waals surface area contributed by atoms with Crippen LogP contribution in [0.1, 0.15) is 18.9 Å². The van der Waals surface area contributed by atoms with Gasteiger partial charge in [-0.1, -0.05) is 25.1 Å². The molecule has 2 aromatic carbocycles. The third-order valence-electron chi connectivity index (χ3n) is 4.13. The van der Waals surface area contributed by atoms with Crippen LogP contribution in [0.5, 0.6) is 11.5 Å². The molecule has 1 N–H and O–H groups in total. The fourth-order valence-corrected chi connectivity index (χ4v) is 3.38. The molecule has 0 aliphatic carbocycles. The highest BCUT2D eigenvalue weighted by atomic mass is 79.9. The smallest absolute Gasteiger partial charge is 0.335 e. The van der Waals surface area contributed by atoms with Crippen molar-refractivity contribution < 1.29 is 23.9 Å². The SMILES string of the molecule is CCCOc1c(Br)cc(/C=C2\C(=O)NC(=O)N(c3ccccc3)C2=O)cc1OC. The first-order valence-electron chi connectivity index (χ1n) is 8.93. The van der Waals surface area contributed by atoms with E-state index in [9.17, 15) is 14.4 Å². The largest absolute Gasteiger partial charge is 0.493 e. The molecule has 0 unspecified atom stereocenters. The Morgan fingerprint density at radius 1 is 1.14 bits per heavy atom. The van der Waals surface area contributed by atoms with Crippen LogP contribution in [0.25, 0.3) is 6.08 Å². The number of methoxy groups -OCH3 is 1. The number of ether oxygens (including phenoxy) is 2. The Morgan fingerprint density at radius 2 is 1.86 bits per heavy atom. The number of nitrogens with zero attached hydrogens (tertiary/aromatic N) is 1. The van der Waals surface area contributed by atoms with E-state index >= 15 is 0 Å². The van der Waals surface area contributed by atoms with Crippen molar-refractivity contribution in [2.45, 2.75) is 13.3 Å². The van der Waals surface area contributed by atoms with Crippen molar-refractivity contribution in [3.63, 3.8) is 0 Å². The van der Waals surface area contributed by atoms with E-state index in [4.69, 9.17) is 9.47 Å². The van der Waals surface area contributed by atoms with E-state index in [0.717, 1.165) is 11.3 Å². The fourth-order valence-electron chi connectivity index (χ4n) is 2.80. The van der Waals surface area contributed by atoms with Gasteiger partial charge in [0.2, 0.25) is 0 Å². The number of rotatable bonds is 6. The van der Waals surface area contributed by atoms with Gasteiger partial charge in [-0.05, 0) is 58.3 Å². The van der Waals surface area contributed by atoms with Crippen molar-refractivity contribution in [1.29, 1.82) is 0 Å². The van der Waals surface area contributed by atoms with E-state index in [1.54, 1.807) is 42.5 Å². The molecule has 29 heavy (non-hydrogen) atoms.